The fourth-order valence-corrected chi connectivity index (χ4v) is 2.22. The number of nitrogens with zero attached hydrogens (tertiary/aromatic N) is 1. The first-order valence-electron chi connectivity index (χ1n) is 4.73. The molecule has 16 heavy (non-hydrogen) atoms. The van der Waals surface area contributed by atoms with Crippen molar-refractivity contribution in [1.29, 1.82) is 0 Å². The summed E-state index contributed by atoms with van der Waals surface area (Å²) in [4.78, 5) is 4.38. The van der Waals surface area contributed by atoms with Gasteiger partial charge in [0.1, 0.15) is 11.0 Å². The summed E-state index contributed by atoms with van der Waals surface area (Å²) >= 11 is 6.99. The van der Waals surface area contributed by atoms with E-state index in [2.05, 4.69) is 4.98 Å². The fourth-order valence-electron chi connectivity index (χ4n) is 1.24. The van der Waals surface area contributed by atoms with E-state index in [9.17, 15) is 4.39 Å². The number of pyridine rings is 1. The van der Waals surface area contributed by atoms with Gasteiger partial charge in [-0.2, -0.15) is 0 Å². The minimum Gasteiger partial charge on any atom is -0.243 e. The SMILES string of the molecule is Fc1cc(Cl)ncc1SCc1ccccc1. The van der Waals surface area contributed by atoms with E-state index < -0.39 is 0 Å². The molecular weight excluding hydrogens is 245 g/mol. The second-order valence-corrected chi connectivity index (χ2v) is 4.62. The van der Waals surface area contributed by atoms with Gasteiger partial charge in [0.25, 0.3) is 0 Å². The van der Waals surface area contributed by atoms with Gasteiger partial charge in [-0.3, -0.25) is 0 Å². The van der Waals surface area contributed by atoms with Gasteiger partial charge in [0.05, 0.1) is 4.90 Å². The van der Waals surface area contributed by atoms with Gasteiger partial charge < -0.3 is 0 Å². The lowest BCUT2D eigenvalue weighted by atomic mass is 10.2. The van der Waals surface area contributed by atoms with E-state index in [1.165, 1.54) is 24.0 Å². The van der Waals surface area contributed by atoms with Gasteiger partial charge in [0.2, 0.25) is 0 Å². The summed E-state index contributed by atoms with van der Waals surface area (Å²) in [6.45, 7) is 0. The monoisotopic (exact) mass is 253 g/mol. The molecule has 0 N–H and O–H groups in total. The molecule has 82 valence electrons. The van der Waals surface area contributed by atoms with Gasteiger partial charge in [-0.15, -0.1) is 11.8 Å². The minimum atomic E-state index is -0.319. The Kier molecular flexibility index (Phi) is 3.80. The Morgan fingerprint density at radius 1 is 1.25 bits per heavy atom. The molecule has 0 spiro atoms. The molecule has 2 rings (SSSR count). The van der Waals surface area contributed by atoms with Crippen LogP contribution in [0.25, 0.3) is 0 Å². The van der Waals surface area contributed by atoms with Gasteiger partial charge in [0.15, 0.2) is 0 Å². The molecule has 0 radical (unpaired) electrons. The molecule has 0 unspecified atom stereocenters. The molecule has 4 heteroatoms. The van der Waals surface area contributed by atoms with Gasteiger partial charge in [-0.25, -0.2) is 9.37 Å². The summed E-state index contributed by atoms with van der Waals surface area (Å²) in [5, 5.41) is 0.182. The summed E-state index contributed by atoms with van der Waals surface area (Å²) in [7, 11) is 0. The number of hydrogen-bond donors (Lipinski definition) is 0. The normalized spacial score (nSPS) is 10.4. The Morgan fingerprint density at radius 2 is 2.00 bits per heavy atom. The number of hydrogen-bond acceptors (Lipinski definition) is 2. The molecule has 0 aliphatic rings. The minimum absolute atomic E-state index is 0.182. The molecule has 1 heterocycles. The van der Waals surface area contributed by atoms with Crippen LogP contribution in [-0.2, 0) is 5.75 Å². The number of thioether (sulfide) groups is 1. The number of benzene rings is 1. The molecule has 0 amide bonds. The maximum atomic E-state index is 13.4. The van der Waals surface area contributed by atoms with Crippen LogP contribution >= 0.6 is 23.4 Å². The predicted octanol–water partition coefficient (Wildman–Crippen LogP) is 4.17. The van der Waals surface area contributed by atoms with Crippen LogP contribution in [0.3, 0.4) is 0 Å². The first kappa shape index (κ1) is 11.4. The van der Waals surface area contributed by atoms with Crippen LogP contribution in [0, 0.1) is 5.82 Å². The molecule has 0 bridgehead atoms. The molecule has 0 fully saturated rings. The van der Waals surface area contributed by atoms with Gasteiger partial charge in [-0.05, 0) is 5.56 Å². The summed E-state index contributed by atoms with van der Waals surface area (Å²) < 4.78 is 13.4. The van der Waals surface area contributed by atoms with Crippen molar-refractivity contribution >= 4 is 23.4 Å². The van der Waals surface area contributed by atoms with Crippen molar-refractivity contribution in [2.75, 3.05) is 0 Å². The zero-order valence-electron chi connectivity index (χ0n) is 8.36. The number of rotatable bonds is 3. The maximum absolute atomic E-state index is 13.4. The first-order valence-corrected chi connectivity index (χ1v) is 6.10. The van der Waals surface area contributed by atoms with Gasteiger partial charge in [0, 0.05) is 18.0 Å². The van der Waals surface area contributed by atoms with Crippen LogP contribution in [-0.4, -0.2) is 4.98 Å². The van der Waals surface area contributed by atoms with Crippen molar-refractivity contribution in [3.63, 3.8) is 0 Å². The fraction of sp³-hybridized carbons (Fsp3) is 0.0833. The van der Waals surface area contributed by atoms with Crippen LogP contribution in [0.5, 0.6) is 0 Å². The third-order valence-electron chi connectivity index (χ3n) is 2.02. The van der Waals surface area contributed by atoms with Crippen LogP contribution in [0.4, 0.5) is 4.39 Å². The van der Waals surface area contributed by atoms with Crippen LogP contribution in [0.15, 0.2) is 47.5 Å². The molecule has 0 atom stereocenters. The maximum Gasteiger partial charge on any atom is 0.141 e. The molecular formula is C12H9ClFNS. The Morgan fingerprint density at radius 3 is 2.69 bits per heavy atom. The highest BCUT2D eigenvalue weighted by molar-refractivity contribution is 7.98. The van der Waals surface area contributed by atoms with Crippen molar-refractivity contribution in [2.24, 2.45) is 0 Å². The lowest BCUT2D eigenvalue weighted by Crippen LogP contribution is -1.86. The van der Waals surface area contributed by atoms with E-state index >= 15 is 0 Å². The zero-order chi connectivity index (χ0) is 11.4. The van der Waals surface area contributed by atoms with Gasteiger partial charge in [-0.1, -0.05) is 41.9 Å². The van der Waals surface area contributed by atoms with Crippen LogP contribution < -0.4 is 0 Å². The number of halogens is 2. The molecule has 0 saturated carbocycles. The quantitative estimate of drug-likeness (QED) is 0.602. The second kappa shape index (κ2) is 5.32. The highest BCUT2D eigenvalue weighted by atomic mass is 35.5. The van der Waals surface area contributed by atoms with E-state index in [4.69, 9.17) is 11.6 Å². The van der Waals surface area contributed by atoms with Crippen molar-refractivity contribution in [3.8, 4) is 0 Å². The summed E-state index contributed by atoms with van der Waals surface area (Å²) in [6, 6.07) is 11.1. The van der Waals surface area contributed by atoms with E-state index in [-0.39, 0.29) is 11.0 Å². The van der Waals surface area contributed by atoms with E-state index in [1.54, 1.807) is 0 Å². The molecule has 0 saturated heterocycles. The van der Waals surface area contributed by atoms with E-state index in [0.29, 0.717) is 4.90 Å². The van der Waals surface area contributed by atoms with Crippen molar-refractivity contribution in [1.82, 2.24) is 4.98 Å². The topological polar surface area (TPSA) is 12.9 Å². The third-order valence-corrected chi connectivity index (χ3v) is 3.32. The lowest BCUT2D eigenvalue weighted by Gasteiger charge is -2.03. The largest absolute Gasteiger partial charge is 0.243 e. The highest BCUT2D eigenvalue weighted by Crippen LogP contribution is 2.25. The Hall–Kier alpha value is -1.06. The summed E-state index contributed by atoms with van der Waals surface area (Å²) in [6.07, 6.45) is 1.46. The summed E-state index contributed by atoms with van der Waals surface area (Å²) in [5.74, 6) is 0.405. The summed E-state index contributed by atoms with van der Waals surface area (Å²) in [5.41, 5.74) is 1.15. The van der Waals surface area contributed by atoms with Gasteiger partial charge >= 0.3 is 0 Å². The van der Waals surface area contributed by atoms with Crippen molar-refractivity contribution in [2.45, 2.75) is 10.6 Å². The molecule has 0 aliphatic carbocycles. The molecule has 1 aromatic heterocycles. The molecule has 2 aromatic rings. The smallest absolute Gasteiger partial charge is 0.141 e. The first-order chi connectivity index (χ1) is 7.75. The lowest BCUT2D eigenvalue weighted by molar-refractivity contribution is 0.598. The standard InChI is InChI=1S/C12H9ClFNS/c13-12-6-10(14)11(7-15-12)16-8-9-4-2-1-3-5-9/h1-7H,8H2. The zero-order valence-corrected chi connectivity index (χ0v) is 9.93. The van der Waals surface area contributed by atoms with E-state index in [1.807, 2.05) is 30.3 Å². The average Bonchev–Trinajstić information content (AvgIpc) is 2.29. The molecule has 1 aromatic carbocycles. The Bertz CT molecular complexity index is 476. The Balaban J connectivity index is 2.05. The van der Waals surface area contributed by atoms with Crippen molar-refractivity contribution in [3.05, 3.63) is 59.1 Å². The third kappa shape index (κ3) is 2.97. The predicted molar refractivity (Wildman–Crippen MR) is 65.2 cm³/mol. The highest BCUT2D eigenvalue weighted by Gasteiger charge is 2.04. The van der Waals surface area contributed by atoms with E-state index in [0.717, 1.165) is 11.3 Å². The van der Waals surface area contributed by atoms with Crippen LogP contribution in [0.2, 0.25) is 5.15 Å². The second-order valence-electron chi connectivity index (χ2n) is 3.21. The Labute approximate surface area is 103 Å². The molecule has 0 aliphatic heterocycles. The number of aromatic nitrogens is 1. The van der Waals surface area contributed by atoms with Crippen molar-refractivity contribution < 1.29 is 4.39 Å². The average molecular weight is 254 g/mol. The molecule has 1 nitrogen and oxygen atoms in total. The van der Waals surface area contributed by atoms with Crippen LogP contribution in [0.1, 0.15) is 5.56 Å².